The summed E-state index contributed by atoms with van der Waals surface area (Å²) in [5.74, 6) is -2.82. The average molecular weight is 484 g/mol. The Morgan fingerprint density at radius 3 is 2.29 bits per heavy atom. The zero-order valence-corrected chi connectivity index (χ0v) is 20.6. The van der Waals surface area contributed by atoms with Crippen LogP contribution in [0.25, 0.3) is 0 Å². The maximum absolute atomic E-state index is 13.2. The van der Waals surface area contributed by atoms with Gasteiger partial charge in [0.1, 0.15) is 18.1 Å². The highest BCUT2D eigenvalue weighted by atomic mass is 16.4. The summed E-state index contributed by atoms with van der Waals surface area (Å²) >= 11 is 0. The smallest absolute Gasteiger partial charge is 0.326 e. The van der Waals surface area contributed by atoms with Crippen LogP contribution in [0, 0.1) is 17.2 Å². The van der Waals surface area contributed by atoms with Crippen molar-refractivity contribution in [2.24, 2.45) is 23.3 Å². The first-order chi connectivity index (χ1) is 15.8. The molecule has 0 aromatic rings. The van der Waals surface area contributed by atoms with E-state index in [1.807, 2.05) is 13.8 Å². The third-order valence-corrected chi connectivity index (χ3v) is 5.73. The average Bonchev–Trinajstić information content (AvgIpc) is 3.22. The second-order valence-electron chi connectivity index (χ2n) is 9.54. The molecule has 4 atom stereocenters. The minimum absolute atomic E-state index is 0.208. The van der Waals surface area contributed by atoms with Gasteiger partial charge in [-0.2, -0.15) is 0 Å². The molecule has 0 bridgehead atoms. The predicted octanol–water partition coefficient (Wildman–Crippen LogP) is -0.676. The third kappa shape index (κ3) is 9.16. The molecule has 3 amide bonds. The number of carboxylic acids is 1. The van der Waals surface area contributed by atoms with Crippen LogP contribution in [0.1, 0.15) is 59.8 Å². The third-order valence-electron chi connectivity index (χ3n) is 5.73. The predicted molar refractivity (Wildman–Crippen MR) is 128 cm³/mol. The molecule has 34 heavy (non-hydrogen) atoms. The summed E-state index contributed by atoms with van der Waals surface area (Å²) in [7, 11) is 0. The lowest BCUT2D eigenvalue weighted by atomic mass is 9.99. The van der Waals surface area contributed by atoms with Gasteiger partial charge < -0.3 is 37.4 Å². The summed E-state index contributed by atoms with van der Waals surface area (Å²) in [6.07, 6.45) is 1.99. The summed E-state index contributed by atoms with van der Waals surface area (Å²) in [5, 5.41) is 24.7. The molecule has 0 aliphatic carbocycles. The van der Waals surface area contributed by atoms with Gasteiger partial charge in [-0.05, 0) is 43.9 Å². The van der Waals surface area contributed by atoms with Crippen molar-refractivity contribution in [2.45, 2.75) is 84.0 Å². The zero-order chi connectivity index (χ0) is 26.0. The minimum atomic E-state index is -1.08. The molecule has 1 heterocycles. The van der Waals surface area contributed by atoms with Crippen molar-refractivity contribution in [3.63, 3.8) is 0 Å². The summed E-state index contributed by atoms with van der Waals surface area (Å²) in [6.45, 7) is 8.04. The number of guanidine groups is 1. The van der Waals surface area contributed by atoms with Crippen molar-refractivity contribution in [1.29, 1.82) is 5.41 Å². The van der Waals surface area contributed by atoms with Gasteiger partial charge in [0, 0.05) is 13.1 Å². The van der Waals surface area contributed by atoms with Crippen LogP contribution in [-0.2, 0) is 19.2 Å². The number of hydrogen-bond donors (Lipinski definition) is 7. The number of aliphatic carboxylic acids is 1. The number of carbonyl (C=O) groups is 4. The van der Waals surface area contributed by atoms with E-state index < -0.39 is 47.9 Å². The summed E-state index contributed by atoms with van der Waals surface area (Å²) < 4.78 is 0. The SMILES string of the molecule is CC(C)C[C@H](N)C(=O)N[C@H](C(=O)N[C@@H](CCCNC(=N)N)C(=O)N1CCC[C@H]1C(=O)O)C(C)C. The first kappa shape index (κ1) is 29.1. The van der Waals surface area contributed by atoms with E-state index in [9.17, 15) is 24.3 Å². The Hall–Kier alpha value is -2.89. The van der Waals surface area contributed by atoms with Crippen molar-refractivity contribution in [1.82, 2.24) is 20.9 Å². The molecule has 0 radical (unpaired) electrons. The van der Waals surface area contributed by atoms with E-state index in [4.69, 9.17) is 16.9 Å². The molecule has 0 aromatic heterocycles. The summed E-state index contributed by atoms with van der Waals surface area (Å²) in [5.41, 5.74) is 11.2. The Kier molecular flexibility index (Phi) is 11.8. The van der Waals surface area contributed by atoms with E-state index in [1.165, 1.54) is 4.90 Å². The quantitative estimate of drug-likeness (QED) is 0.101. The van der Waals surface area contributed by atoms with Crippen LogP contribution in [-0.4, -0.2) is 76.9 Å². The van der Waals surface area contributed by atoms with E-state index in [-0.39, 0.29) is 24.2 Å². The van der Waals surface area contributed by atoms with Crippen LogP contribution in [0.5, 0.6) is 0 Å². The lowest BCUT2D eigenvalue weighted by Gasteiger charge is -2.30. The van der Waals surface area contributed by atoms with Crippen LogP contribution in [0.3, 0.4) is 0 Å². The summed E-state index contributed by atoms with van der Waals surface area (Å²) in [6, 6.07) is -3.59. The molecule has 9 N–H and O–H groups in total. The first-order valence-corrected chi connectivity index (χ1v) is 11.8. The molecule has 0 spiro atoms. The fourth-order valence-electron chi connectivity index (χ4n) is 3.95. The van der Waals surface area contributed by atoms with Gasteiger partial charge in [-0.25, -0.2) is 4.79 Å². The van der Waals surface area contributed by atoms with Gasteiger partial charge in [0.25, 0.3) is 0 Å². The van der Waals surface area contributed by atoms with Gasteiger partial charge >= 0.3 is 5.97 Å². The van der Waals surface area contributed by atoms with Gasteiger partial charge in [0.05, 0.1) is 6.04 Å². The standard InChI is InChI=1S/C22H41N7O5/c1-12(2)11-14(23)18(30)28-17(13(3)4)19(31)27-15(7-5-9-26-22(24)25)20(32)29-10-6-8-16(29)21(33)34/h12-17H,5-11,23H2,1-4H3,(H,27,31)(H,28,30)(H,33,34)(H4,24,25,26)/t14-,15-,16-,17-/m0/s1. The number of nitrogens with one attached hydrogen (secondary N) is 4. The van der Waals surface area contributed by atoms with E-state index in [0.717, 1.165) is 0 Å². The number of amides is 3. The number of carboxylic acid groups (broad SMARTS) is 1. The number of nitrogens with two attached hydrogens (primary N) is 2. The van der Waals surface area contributed by atoms with Crippen LogP contribution in [0.4, 0.5) is 0 Å². The highest BCUT2D eigenvalue weighted by Crippen LogP contribution is 2.20. The number of nitrogens with zero attached hydrogens (tertiary/aromatic N) is 1. The lowest BCUT2D eigenvalue weighted by molar-refractivity contribution is -0.149. The Morgan fingerprint density at radius 1 is 1.12 bits per heavy atom. The molecule has 1 fully saturated rings. The molecule has 0 aromatic carbocycles. The number of carbonyl (C=O) groups excluding carboxylic acids is 3. The molecular weight excluding hydrogens is 442 g/mol. The van der Waals surface area contributed by atoms with Gasteiger partial charge in [0.2, 0.25) is 17.7 Å². The molecule has 1 rings (SSSR count). The second kappa shape index (κ2) is 13.7. The molecule has 12 heteroatoms. The molecule has 0 saturated carbocycles. The van der Waals surface area contributed by atoms with Gasteiger partial charge in [-0.15, -0.1) is 0 Å². The van der Waals surface area contributed by atoms with Crippen LogP contribution in [0.2, 0.25) is 0 Å². The fourth-order valence-corrected chi connectivity index (χ4v) is 3.95. The molecular formula is C22H41N7O5. The number of rotatable bonds is 13. The van der Waals surface area contributed by atoms with E-state index in [2.05, 4.69) is 16.0 Å². The van der Waals surface area contributed by atoms with Crippen molar-refractivity contribution in [3.05, 3.63) is 0 Å². The normalized spacial score (nSPS) is 18.3. The van der Waals surface area contributed by atoms with E-state index in [0.29, 0.717) is 38.8 Å². The topological polar surface area (TPSA) is 204 Å². The van der Waals surface area contributed by atoms with E-state index >= 15 is 0 Å². The van der Waals surface area contributed by atoms with Gasteiger partial charge in [0.15, 0.2) is 5.96 Å². The molecule has 1 aliphatic rings. The monoisotopic (exact) mass is 483 g/mol. The minimum Gasteiger partial charge on any atom is -0.480 e. The van der Waals surface area contributed by atoms with Crippen molar-refractivity contribution in [3.8, 4) is 0 Å². The largest absolute Gasteiger partial charge is 0.480 e. The second-order valence-corrected chi connectivity index (χ2v) is 9.54. The summed E-state index contributed by atoms with van der Waals surface area (Å²) in [4.78, 5) is 51.7. The fraction of sp³-hybridized carbons (Fsp3) is 0.773. The van der Waals surface area contributed by atoms with Gasteiger partial charge in [-0.1, -0.05) is 27.7 Å². The molecule has 0 unspecified atom stereocenters. The lowest BCUT2D eigenvalue weighted by Crippen LogP contribution is -2.58. The zero-order valence-electron chi connectivity index (χ0n) is 20.6. The van der Waals surface area contributed by atoms with Crippen LogP contribution >= 0.6 is 0 Å². The maximum atomic E-state index is 13.2. The molecule has 194 valence electrons. The Labute approximate surface area is 201 Å². The Balaban J connectivity index is 2.97. The molecule has 1 saturated heterocycles. The number of hydrogen-bond acceptors (Lipinski definition) is 6. The molecule has 1 aliphatic heterocycles. The van der Waals surface area contributed by atoms with Crippen LogP contribution in [0.15, 0.2) is 0 Å². The van der Waals surface area contributed by atoms with Gasteiger partial charge in [-0.3, -0.25) is 19.8 Å². The van der Waals surface area contributed by atoms with Crippen molar-refractivity contribution < 1.29 is 24.3 Å². The molecule has 12 nitrogen and oxygen atoms in total. The maximum Gasteiger partial charge on any atom is 0.326 e. The highest BCUT2D eigenvalue weighted by Gasteiger charge is 2.38. The van der Waals surface area contributed by atoms with Crippen LogP contribution < -0.4 is 27.4 Å². The van der Waals surface area contributed by atoms with E-state index in [1.54, 1.807) is 13.8 Å². The number of likely N-dealkylation sites (tertiary alicyclic amines) is 1. The van der Waals surface area contributed by atoms with Crippen molar-refractivity contribution in [2.75, 3.05) is 13.1 Å². The Morgan fingerprint density at radius 2 is 1.76 bits per heavy atom. The Bertz CT molecular complexity index is 743. The highest BCUT2D eigenvalue weighted by molar-refractivity contribution is 5.94. The first-order valence-electron chi connectivity index (χ1n) is 11.8. The van der Waals surface area contributed by atoms with Crippen molar-refractivity contribution >= 4 is 29.7 Å².